The molecule has 1 aliphatic rings. The number of carbonyl (C=O) groups is 2. The number of halogens is 1. The van der Waals surface area contributed by atoms with Gasteiger partial charge >= 0.3 is 0 Å². The summed E-state index contributed by atoms with van der Waals surface area (Å²) in [7, 11) is 3.34. The van der Waals surface area contributed by atoms with Gasteiger partial charge in [0.25, 0.3) is 12.3 Å². The minimum Gasteiger partial charge on any atom is -0.452 e. The lowest BCUT2D eigenvalue weighted by atomic mass is 10.2. The first kappa shape index (κ1) is 25.1. The first-order valence-corrected chi connectivity index (χ1v) is 11.6. The van der Waals surface area contributed by atoms with Gasteiger partial charge in [-0.2, -0.15) is 0 Å². The molecule has 2 aromatic carbocycles. The molecule has 7 nitrogen and oxygen atoms in total. The zero-order chi connectivity index (χ0) is 24.7. The van der Waals surface area contributed by atoms with Crippen molar-refractivity contribution in [3.63, 3.8) is 0 Å². The van der Waals surface area contributed by atoms with E-state index in [4.69, 9.17) is 4.74 Å². The van der Waals surface area contributed by atoms with Gasteiger partial charge in [-0.3, -0.25) is 9.59 Å². The topological polar surface area (TPSA) is 65.1 Å². The van der Waals surface area contributed by atoms with E-state index in [0.717, 1.165) is 30.4 Å². The molecule has 0 aromatic heterocycles. The molecule has 1 N–H and O–H groups in total. The second kappa shape index (κ2) is 11.5. The Kier molecular flexibility index (Phi) is 8.51. The predicted octanol–water partition coefficient (Wildman–Crippen LogP) is 3.67. The van der Waals surface area contributed by atoms with Gasteiger partial charge in [0.05, 0.1) is 0 Å². The van der Waals surface area contributed by atoms with Crippen LogP contribution >= 0.6 is 0 Å². The van der Waals surface area contributed by atoms with E-state index < -0.39 is 6.35 Å². The number of amides is 2. The fourth-order valence-corrected chi connectivity index (χ4v) is 3.75. The molecule has 1 aliphatic heterocycles. The Morgan fingerprint density at radius 2 is 1.88 bits per heavy atom. The molecule has 8 heteroatoms. The summed E-state index contributed by atoms with van der Waals surface area (Å²) in [6, 6.07) is 13.9. The molecule has 1 unspecified atom stereocenters. The number of unbranched alkanes of at least 4 members (excludes halogenated alkanes) is 1. The van der Waals surface area contributed by atoms with Crippen LogP contribution in [0.15, 0.2) is 60.0 Å². The SMILES string of the molecule is CCCCN(C)C(=O)C1=C(N(C)C=O)NC(Oc2cccc(CC)c2)N1Cc1ccc(F)cc1. The van der Waals surface area contributed by atoms with Gasteiger partial charge in [-0.25, -0.2) is 4.39 Å². The summed E-state index contributed by atoms with van der Waals surface area (Å²) < 4.78 is 19.8. The minimum atomic E-state index is -0.743. The van der Waals surface area contributed by atoms with Crippen molar-refractivity contribution in [1.29, 1.82) is 0 Å². The molecule has 1 atom stereocenters. The maximum atomic E-state index is 13.6. The van der Waals surface area contributed by atoms with Crippen molar-refractivity contribution in [1.82, 2.24) is 20.0 Å². The number of hydrogen-bond acceptors (Lipinski definition) is 5. The standard InChI is InChI=1S/C26H33FN4O3/c1-5-7-15-29(3)25(33)23-24(30(4)18-32)28-26(34-22-10-8-9-19(6-2)16-22)31(23)17-20-11-13-21(27)14-12-20/h8-14,16,18,26,28H,5-7,15,17H2,1-4H3. The van der Waals surface area contributed by atoms with Gasteiger partial charge in [-0.05, 0) is 48.2 Å². The molecule has 3 rings (SSSR count). The molecule has 0 bridgehead atoms. The number of carbonyl (C=O) groups excluding carboxylic acids is 2. The zero-order valence-electron chi connectivity index (χ0n) is 20.3. The molecule has 0 saturated carbocycles. The van der Waals surface area contributed by atoms with Crippen molar-refractivity contribution in [3.8, 4) is 5.75 Å². The maximum Gasteiger partial charge on any atom is 0.273 e. The summed E-state index contributed by atoms with van der Waals surface area (Å²) in [4.78, 5) is 30.0. The third kappa shape index (κ3) is 5.87. The molecular formula is C26H33FN4O3. The van der Waals surface area contributed by atoms with Crippen LogP contribution in [0, 0.1) is 5.82 Å². The molecule has 34 heavy (non-hydrogen) atoms. The third-order valence-corrected chi connectivity index (χ3v) is 5.78. The van der Waals surface area contributed by atoms with E-state index in [0.29, 0.717) is 30.2 Å². The lowest BCUT2D eigenvalue weighted by molar-refractivity contribution is -0.128. The van der Waals surface area contributed by atoms with Gasteiger partial charge in [0.1, 0.15) is 23.1 Å². The molecule has 0 saturated heterocycles. The molecule has 0 radical (unpaired) electrons. The van der Waals surface area contributed by atoms with Crippen LogP contribution in [0.25, 0.3) is 0 Å². The number of likely N-dealkylation sites (N-methyl/N-ethyl adjacent to an activating group) is 1. The Morgan fingerprint density at radius 1 is 1.15 bits per heavy atom. The number of ether oxygens (including phenoxy) is 1. The Bertz CT molecular complexity index is 1020. The molecule has 0 fully saturated rings. The average Bonchev–Trinajstić information content (AvgIpc) is 3.20. The smallest absolute Gasteiger partial charge is 0.273 e. The molecule has 182 valence electrons. The van der Waals surface area contributed by atoms with E-state index in [2.05, 4.69) is 19.2 Å². The highest BCUT2D eigenvalue weighted by molar-refractivity contribution is 5.94. The van der Waals surface area contributed by atoms with Crippen molar-refractivity contribution in [2.24, 2.45) is 0 Å². The molecular weight excluding hydrogens is 435 g/mol. The van der Waals surface area contributed by atoms with Crippen molar-refractivity contribution in [3.05, 3.63) is 77.0 Å². The zero-order valence-corrected chi connectivity index (χ0v) is 20.3. The van der Waals surface area contributed by atoms with Gasteiger partial charge in [0, 0.05) is 27.2 Å². The Hall–Kier alpha value is -3.55. The highest BCUT2D eigenvalue weighted by Gasteiger charge is 2.39. The monoisotopic (exact) mass is 468 g/mol. The Balaban J connectivity index is 2.00. The van der Waals surface area contributed by atoms with Crippen LogP contribution < -0.4 is 10.1 Å². The summed E-state index contributed by atoms with van der Waals surface area (Å²) in [5.74, 6) is 0.448. The van der Waals surface area contributed by atoms with E-state index in [-0.39, 0.29) is 18.3 Å². The van der Waals surface area contributed by atoms with E-state index in [9.17, 15) is 14.0 Å². The van der Waals surface area contributed by atoms with Crippen LogP contribution in [0.1, 0.15) is 37.8 Å². The number of nitrogens with zero attached hydrogens (tertiary/aromatic N) is 3. The number of benzene rings is 2. The van der Waals surface area contributed by atoms with Crippen LogP contribution in [0.4, 0.5) is 4.39 Å². The molecule has 2 amide bonds. The van der Waals surface area contributed by atoms with Crippen molar-refractivity contribution in [2.45, 2.75) is 46.0 Å². The first-order valence-electron chi connectivity index (χ1n) is 11.6. The van der Waals surface area contributed by atoms with Gasteiger partial charge in [-0.1, -0.05) is 44.5 Å². The third-order valence-electron chi connectivity index (χ3n) is 5.78. The van der Waals surface area contributed by atoms with Crippen LogP contribution in [0.2, 0.25) is 0 Å². The largest absolute Gasteiger partial charge is 0.452 e. The van der Waals surface area contributed by atoms with Gasteiger partial charge in [0.2, 0.25) is 6.41 Å². The number of aryl methyl sites for hydroxylation is 1. The molecule has 1 heterocycles. The number of rotatable bonds is 11. The second-order valence-electron chi connectivity index (χ2n) is 8.36. The van der Waals surface area contributed by atoms with E-state index in [1.807, 2.05) is 24.3 Å². The van der Waals surface area contributed by atoms with Gasteiger partial charge < -0.3 is 24.8 Å². The Morgan fingerprint density at radius 3 is 2.53 bits per heavy atom. The maximum absolute atomic E-state index is 13.6. The normalized spacial score (nSPS) is 15.2. The highest BCUT2D eigenvalue weighted by atomic mass is 19.1. The van der Waals surface area contributed by atoms with E-state index >= 15 is 0 Å². The average molecular weight is 469 g/mol. The van der Waals surface area contributed by atoms with Gasteiger partial charge in [0.15, 0.2) is 0 Å². The summed E-state index contributed by atoms with van der Waals surface area (Å²) in [6.45, 7) is 5.00. The first-order chi connectivity index (χ1) is 16.4. The number of hydrogen-bond donors (Lipinski definition) is 1. The molecule has 0 aliphatic carbocycles. The minimum absolute atomic E-state index is 0.222. The number of nitrogens with one attached hydrogen (secondary N) is 1. The van der Waals surface area contributed by atoms with Crippen LogP contribution in [0.3, 0.4) is 0 Å². The predicted molar refractivity (Wildman–Crippen MR) is 129 cm³/mol. The lowest BCUT2D eigenvalue weighted by Crippen LogP contribution is -2.44. The van der Waals surface area contributed by atoms with E-state index in [1.54, 1.807) is 36.0 Å². The van der Waals surface area contributed by atoms with Crippen LogP contribution in [-0.2, 0) is 22.6 Å². The van der Waals surface area contributed by atoms with Crippen LogP contribution in [-0.4, -0.2) is 54.0 Å². The summed E-state index contributed by atoms with van der Waals surface area (Å²) in [5.41, 5.74) is 2.25. The summed E-state index contributed by atoms with van der Waals surface area (Å²) >= 11 is 0. The molecule has 2 aromatic rings. The van der Waals surface area contributed by atoms with Crippen molar-refractivity contribution < 1.29 is 18.7 Å². The fourth-order valence-electron chi connectivity index (χ4n) is 3.75. The van der Waals surface area contributed by atoms with Crippen LogP contribution in [0.5, 0.6) is 5.75 Å². The van der Waals surface area contributed by atoms with Crippen molar-refractivity contribution in [2.75, 3.05) is 20.6 Å². The van der Waals surface area contributed by atoms with Gasteiger partial charge in [-0.15, -0.1) is 0 Å². The van der Waals surface area contributed by atoms with Crippen molar-refractivity contribution >= 4 is 12.3 Å². The lowest BCUT2D eigenvalue weighted by Gasteiger charge is -2.30. The highest BCUT2D eigenvalue weighted by Crippen LogP contribution is 2.28. The fraction of sp³-hybridized carbons (Fsp3) is 0.385. The quantitative estimate of drug-likeness (QED) is 0.510. The second-order valence-corrected chi connectivity index (χ2v) is 8.36. The molecule has 0 spiro atoms. The van der Waals surface area contributed by atoms with E-state index in [1.165, 1.54) is 17.0 Å². The summed E-state index contributed by atoms with van der Waals surface area (Å²) in [5, 5.41) is 3.21. The summed E-state index contributed by atoms with van der Waals surface area (Å²) in [6.07, 6.45) is 2.58. The Labute approximate surface area is 200 Å².